The number of hydrogen-bond acceptors (Lipinski definition) is 5. The highest BCUT2D eigenvalue weighted by Crippen LogP contribution is 2.21. The van der Waals surface area contributed by atoms with Crippen molar-refractivity contribution in [3.63, 3.8) is 0 Å². The van der Waals surface area contributed by atoms with E-state index in [0.29, 0.717) is 24.6 Å². The molecule has 0 aliphatic carbocycles. The van der Waals surface area contributed by atoms with Crippen LogP contribution >= 0.6 is 0 Å². The third-order valence-electron chi connectivity index (χ3n) is 4.13. The lowest BCUT2D eigenvalue weighted by Gasteiger charge is -2.18. The summed E-state index contributed by atoms with van der Waals surface area (Å²) in [5, 5.41) is 2.77. The monoisotopic (exact) mass is 406 g/mol. The van der Waals surface area contributed by atoms with E-state index in [0.717, 1.165) is 17.6 Å². The van der Waals surface area contributed by atoms with Gasteiger partial charge >= 0.3 is 0 Å². The number of benzene rings is 2. The van der Waals surface area contributed by atoms with Crippen molar-refractivity contribution < 1.29 is 22.7 Å². The minimum Gasteiger partial charge on any atom is -0.491 e. The summed E-state index contributed by atoms with van der Waals surface area (Å²) < 4.78 is 35.5. The highest BCUT2D eigenvalue weighted by Gasteiger charge is 2.15. The van der Waals surface area contributed by atoms with Gasteiger partial charge in [-0.3, -0.25) is 9.10 Å². The molecule has 0 bridgehead atoms. The van der Waals surface area contributed by atoms with Gasteiger partial charge in [0.25, 0.3) is 5.91 Å². The number of nitrogens with one attached hydrogen (secondary N) is 1. The summed E-state index contributed by atoms with van der Waals surface area (Å²) in [5.41, 5.74) is 1.55. The molecule has 0 aliphatic heterocycles. The largest absolute Gasteiger partial charge is 0.491 e. The standard InChI is InChI=1S/C20H26N2O5S/c1-15-7-5-6-8-19(15)26-14-13-21-20(23)16(2)27-18-11-9-17(10-12-18)22(3)28(4,24)25/h5-12,16H,13-14H2,1-4H3,(H,21,23)/t16-/m0/s1. The Bertz CT molecular complexity index is 897. The molecule has 2 rings (SSSR count). The predicted octanol–water partition coefficient (Wildman–Crippen LogP) is 2.35. The molecule has 0 aliphatic rings. The Morgan fingerprint density at radius 3 is 2.39 bits per heavy atom. The lowest BCUT2D eigenvalue weighted by Crippen LogP contribution is -2.38. The maximum atomic E-state index is 12.2. The van der Waals surface area contributed by atoms with Crippen molar-refractivity contribution in [3.8, 4) is 11.5 Å². The Labute approximate surface area is 166 Å². The van der Waals surface area contributed by atoms with Crippen molar-refractivity contribution in [1.82, 2.24) is 5.32 Å². The molecule has 8 heteroatoms. The number of anilines is 1. The molecular formula is C20H26N2O5S. The minimum absolute atomic E-state index is 0.259. The quantitative estimate of drug-likeness (QED) is 0.646. The Kier molecular flexibility index (Phi) is 7.28. The molecule has 28 heavy (non-hydrogen) atoms. The van der Waals surface area contributed by atoms with Gasteiger partial charge in [-0.05, 0) is 49.7 Å². The lowest BCUT2D eigenvalue weighted by molar-refractivity contribution is -0.127. The van der Waals surface area contributed by atoms with Crippen LogP contribution in [0.4, 0.5) is 5.69 Å². The molecule has 0 unspecified atom stereocenters. The Hall–Kier alpha value is -2.74. The fourth-order valence-electron chi connectivity index (χ4n) is 2.38. The van der Waals surface area contributed by atoms with Gasteiger partial charge in [0.05, 0.1) is 18.5 Å². The van der Waals surface area contributed by atoms with Crippen LogP contribution in [-0.4, -0.2) is 46.9 Å². The van der Waals surface area contributed by atoms with Gasteiger partial charge in [-0.2, -0.15) is 0 Å². The van der Waals surface area contributed by atoms with Crippen molar-refractivity contribution >= 4 is 21.6 Å². The zero-order valence-corrected chi connectivity index (χ0v) is 17.3. The number of hydrogen-bond donors (Lipinski definition) is 1. The van der Waals surface area contributed by atoms with Crippen molar-refractivity contribution in [2.45, 2.75) is 20.0 Å². The first-order chi connectivity index (χ1) is 13.2. The second-order valence-electron chi connectivity index (χ2n) is 6.39. The molecule has 0 radical (unpaired) electrons. The van der Waals surface area contributed by atoms with Gasteiger partial charge in [-0.25, -0.2) is 8.42 Å². The molecule has 7 nitrogen and oxygen atoms in total. The molecule has 0 aromatic heterocycles. The number of carbonyl (C=O) groups is 1. The van der Waals surface area contributed by atoms with Crippen LogP contribution < -0.4 is 19.1 Å². The molecule has 1 N–H and O–H groups in total. The van der Waals surface area contributed by atoms with E-state index in [1.54, 1.807) is 31.2 Å². The van der Waals surface area contributed by atoms with Gasteiger partial charge in [0, 0.05) is 7.05 Å². The summed E-state index contributed by atoms with van der Waals surface area (Å²) in [6.07, 6.45) is 0.434. The molecule has 0 saturated heterocycles. The van der Waals surface area contributed by atoms with E-state index >= 15 is 0 Å². The molecule has 152 valence electrons. The van der Waals surface area contributed by atoms with E-state index in [2.05, 4.69) is 5.32 Å². The van der Waals surface area contributed by atoms with Crippen LogP contribution in [0.3, 0.4) is 0 Å². The average Bonchev–Trinajstić information content (AvgIpc) is 2.65. The summed E-state index contributed by atoms with van der Waals surface area (Å²) in [6, 6.07) is 14.2. The van der Waals surface area contributed by atoms with Crippen LogP contribution in [0, 0.1) is 6.92 Å². The third-order valence-corrected chi connectivity index (χ3v) is 5.34. The minimum atomic E-state index is -3.32. The SMILES string of the molecule is Cc1ccccc1OCCNC(=O)[C@H](C)Oc1ccc(N(C)S(C)(=O)=O)cc1. The maximum absolute atomic E-state index is 12.2. The van der Waals surface area contributed by atoms with Gasteiger partial charge in [-0.1, -0.05) is 18.2 Å². The van der Waals surface area contributed by atoms with Crippen LogP contribution in [0.2, 0.25) is 0 Å². The van der Waals surface area contributed by atoms with E-state index < -0.39 is 16.1 Å². The number of aryl methyl sites for hydroxylation is 1. The molecule has 0 saturated carbocycles. The van der Waals surface area contributed by atoms with Gasteiger partial charge in [0.1, 0.15) is 18.1 Å². The normalized spacial score (nSPS) is 12.1. The van der Waals surface area contributed by atoms with Crippen LogP contribution in [-0.2, 0) is 14.8 Å². The highest BCUT2D eigenvalue weighted by atomic mass is 32.2. The number of carbonyl (C=O) groups excluding carboxylic acids is 1. The Morgan fingerprint density at radius 2 is 1.79 bits per heavy atom. The predicted molar refractivity (Wildman–Crippen MR) is 109 cm³/mol. The van der Waals surface area contributed by atoms with Crippen LogP contribution in [0.25, 0.3) is 0 Å². The number of rotatable bonds is 9. The topological polar surface area (TPSA) is 84.9 Å². The first-order valence-corrected chi connectivity index (χ1v) is 10.7. The second kappa shape index (κ2) is 9.45. The van der Waals surface area contributed by atoms with Crippen molar-refractivity contribution in [3.05, 3.63) is 54.1 Å². The molecule has 1 atom stereocenters. The summed E-state index contributed by atoms with van der Waals surface area (Å²) in [6.45, 7) is 4.33. The summed E-state index contributed by atoms with van der Waals surface area (Å²) >= 11 is 0. The number of amides is 1. The smallest absolute Gasteiger partial charge is 0.260 e. The van der Waals surface area contributed by atoms with Gasteiger partial charge in [-0.15, -0.1) is 0 Å². The first-order valence-electron chi connectivity index (χ1n) is 8.85. The van der Waals surface area contributed by atoms with Crippen LogP contribution in [0.15, 0.2) is 48.5 Å². The van der Waals surface area contributed by atoms with E-state index in [-0.39, 0.29) is 5.91 Å². The summed E-state index contributed by atoms with van der Waals surface area (Å²) in [5.74, 6) is 1.01. The second-order valence-corrected chi connectivity index (χ2v) is 8.40. The maximum Gasteiger partial charge on any atom is 0.260 e. The van der Waals surface area contributed by atoms with Gasteiger partial charge in [0.15, 0.2) is 6.10 Å². The van der Waals surface area contributed by atoms with E-state index in [1.807, 2.05) is 31.2 Å². The van der Waals surface area contributed by atoms with Gasteiger partial charge in [0.2, 0.25) is 10.0 Å². The number of nitrogens with zero attached hydrogens (tertiary/aromatic N) is 1. The summed E-state index contributed by atoms with van der Waals surface area (Å²) in [4.78, 5) is 12.2. The molecule has 2 aromatic carbocycles. The zero-order valence-electron chi connectivity index (χ0n) is 16.5. The molecular weight excluding hydrogens is 380 g/mol. The Morgan fingerprint density at radius 1 is 1.14 bits per heavy atom. The van der Waals surface area contributed by atoms with E-state index in [1.165, 1.54) is 11.4 Å². The van der Waals surface area contributed by atoms with Gasteiger partial charge < -0.3 is 14.8 Å². The molecule has 0 fully saturated rings. The Balaban J connectivity index is 1.79. The molecule has 1 amide bonds. The lowest BCUT2D eigenvalue weighted by atomic mass is 10.2. The first kappa shape index (κ1) is 21.6. The number of ether oxygens (including phenoxy) is 2. The van der Waals surface area contributed by atoms with Crippen LogP contribution in [0.5, 0.6) is 11.5 Å². The van der Waals surface area contributed by atoms with Crippen molar-refractivity contribution in [2.24, 2.45) is 0 Å². The number of sulfonamides is 1. The molecule has 2 aromatic rings. The number of para-hydroxylation sites is 1. The average molecular weight is 407 g/mol. The van der Waals surface area contributed by atoms with Crippen molar-refractivity contribution in [1.29, 1.82) is 0 Å². The summed E-state index contributed by atoms with van der Waals surface area (Å²) in [7, 11) is -1.85. The molecule has 0 spiro atoms. The van der Waals surface area contributed by atoms with Crippen molar-refractivity contribution in [2.75, 3.05) is 30.8 Å². The third kappa shape index (κ3) is 6.16. The fraction of sp³-hybridized carbons (Fsp3) is 0.350. The highest BCUT2D eigenvalue weighted by molar-refractivity contribution is 7.92. The molecule has 0 heterocycles. The fourth-order valence-corrected chi connectivity index (χ4v) is 2.89. The van der Waals surface area contributed by atoms with E-state index in [4.69, 9.17) is 9.47 Å². The zero-order chi connectivity index (χ0) is 20.7. The van der Waals surface area contributed by atoms with E-state index in [9.17, 15) is 13.2 Å². The van der Waals surface area contributed by atoms with Crippen LogP contribution in [0.1, 0.15) is 12.5 Å².